The molecule has 0 saturated carbocycles. The van der Waals surface area contributed by atoms with E-state index in [1.807, 2.05) is 6.07 Å². The largest absolute Gasteiger partial charge is 0.492 e. The van der Waals surface area contributed by atoms with Crippen LogP contribution in [0.5, 0.6) is 5.75 Å². The Labute approximate surface area is 203 Å². The highest BCUT2D eigenvalue weighted by Crippen LogP contribution is 2.32. The number of anilines is 1. The zero-order valence-electron chi connectivity index (χ0n) is 19.3. The van der Waals surface area contributed by atoms with Crippen LogP contribution in [-0.2, 0) is 11.2 Å². The number of hydrogen-bond acceptors (Lipinski definition) is 6. The second kappa shape index (κ2) is 10.1. The van der Waals surface area contributed by atoms with Crippen molar-refractivity contribution in [1.29, 1.82) is 0 Å². The first-order valence-corrected chi connectivity index (χ1v) is 11.9. The predicted octanol–water partition coefficient (Wildman–Crippen LogP) is 3.88. The highest BCUT2D eigenvalue weighted by atomic mass is 16.5. The van der Waals surface area contributed by atoms with Crippen LogP contribution in [0.3, 0.4) is 0 Å². The van der Waals surface area contributed by atoms with E-state index in [4.69, 9.17) is 9.15 Å². The Hall–Kier alpha value is -3.91. The van der Waals surface area contributed by atoms with Gasteiger partial charge in [0.15, 0.2) is 5.76 Å². The molecule has 1 fully saturated rings. The number of fused-ring (bicyclic) bond motifs is 1. The van der Waals surface area contributed by atoms with E-state index in [2.05, 4.69) is 15.5 Å². The van der Waals surface area contributed by atoms with Crippen LogP contribution in [0.1, 0.15) is 45.7 Å². The molecule has 5 rings (SSSR count). The van der Waals surface area contributed by atoms with Crippen molar-refractivity contribution >= 4 is 23.4 Å². The number of benzene rings is 2. The SMILES string of the molecule is O=C1Cc2c(-c3cccc(NC(=O)c4ccc(OCCN5CCCCC5)cc4)c3)coc2C(=O)N1. The molecule has 35 heavy (non-hydrogen) atoms. The average molecular weight is 474 g/mol. The minimum absolute atomic E-state index is 0.0654. The van der Waals surface area contributed by atoms with Crippen LogP contribution in [0.2, 0.25) is 0 Å². The van der Waals surface area contributed by atoms with E-state index in [0.717, 1.165) is 30.9 Å². The molecule has 0 unspecified atom stereocenters. The second-order valence-corrected chi connectivity index (χ2v) is 8.82. The summed E-state index contributed by atoms with van der Waals surface area (Å²) in [7, 11) is 0. The van der Waals surface area contributed by atoms with Gasteiger partial charge in [0.05, 0.1) is 12.7 Å². The van der Waals surface area contributed by atoms with Crippen molar-refractivity contribution in [2.24, 2.45) is 0 Å². The van der Waals surface area contributed by atoms with Crippen LogP contribution in [0.4, 0.5) is 5.69 Å². The van der Waals surface area contributed by atoms with Crippen molar-refractivity contribution in [3.63, 3.8) is 0 Å². The molecule has 180 valence electrons. The van der Waals surface area contributed by atoms with Gasteiger partial charge in [-0.3, -0.25) is 24.6 Å². The molecule has 2 N–H and O–H groups in total. The summed E-state index contributed by atoms with van der Waals surface area (Å²) >= 11 is 0. The lowest BCUT2D eigenvalue weighted by molar-refractivity contribution is -0.119. The van der Waals surface area contributed by atoms with Gasteiger partial charge in [0.2, 0.25) is 5.91 Å². The quantitative estimate of drug-likeness (QED) is 0.505. The number of carbonyl (C=O) groups excluding carboxylic acids is 3. The average Bonchev–Trinajstić information content (AvgIpc) is 3.29. The lowest BCUT2D eigenvalue weighted by Crippen LogP contribution is -2.36. The van der Waals surface area contributed by atoms with Crippen LogP contribution < -0.4 is 15.4 Å². The van der Waals surface area contributed by atoms with Gasteiger partial charge < -0.3 is 14.5 Å². The third-order valence-corrected chi connectivity index (χ3v) is 6.36. The van der Waals surface area contributed by atoms with Gasteiger partial charge in [-0.15, -0.1) is 0 Å². The molecular formula is C27H27N3O5. The van der Waals surface area contributed by atoms with Gasteiger partial charge in [-0.25, -0.2) is 0 Å². The van der Waals surface area contributed by atoms with Gasteiger partial charge in [0, 0.05) is 28.9 Å². The molecule has 0 aliphatic carbocycles. The second-order valence-electron chi connectivity index (χ2n) is 8.82. The topological polar surface area (TPSA) is 101 Å². The van der Waals surface area contributed by atoms with Crippen molar-refractivity contribution in [3.05, 3.63) is 71.7 Å². The molecule has 0 bridgehead atoms. The number of ether oxygens (including phenoxy) is 1. The molecular weight excluding hydrogens is 446 g/mol. The number of hydrogen-bond donors (Lipinski definition) is 2. The molecule has 0 atom stereocenters. The molecule has 3 amide bonds. The fourth-order valence-corrected chi connectivity index (χ4v) is 4.52. The molecule has 2 aliphatic heterocycles. The Balaban J connectivity index is 1.21. The van der Waals surface area contributed by atoms with Crippen molar-refractivity contribution in [3.8, 4) is 16.9 Å². The lowest BCUT2D eigenvalue weighted by Gasteiger charge is -2.26. The third kappa shape index (κ3) is 5.27. The first-order chi connectivity index (χ1) is 17.1. The van der Waals surface area contributed by atoms with Gasteiger partial charge in [-0.05, 0) is 67.9 Å². The van der Waals surface area contributed by atoms with Crippen molar-refractivity contribution in [1.82, 2.24) is 10.2 Å². The highest BCUT2D eigenvalue weighted by Gasteiger charge is 2.29. The number of rotatable bonds is 7. The van der Waals surface area contributed by atoms with E-state index in [9.17, 15) is 14.4 Å². The zero-order valence-corrected chi connectivity index (χ0v) is 19.3. The molecule has 3 aromatic rings. The van der Waals surface area contributed by atoms with Crippen molar-refractivity contribution < 1.29 is 23.5 Å². The minimum Gasteiger partial charge on any atom is -0.492 e. The van der Waals surface area contributed by atoms with Gasteiger partial charge in [0.25, 0.3) is 11.8 Å². The third-order valence-electron chi connectivity index (χ3n) is 6.36. The van der Waals surface area contributed by atoms with Gasteiger partial charge in [-0.2, -0.15) is 0 Å². The Morgan fingerprint density at radius 1 is 1.06 bits per heavy atom. The van der Waals surface area contributed by atoms with E-state index in [1.54, 1.807) is 42.5 Å². The highest BCUT2D eigenvalue weighted by molar-refractivity contribution is 6.09. The number of carbonyl (C=O) groups is 3. The summed E-state index contributed by atoms with van der Waals surface area (Å²) in [4.78, 5) is 39.0. The number of furan rings is 1. The summed E-state index contributed by atoms with van der Waals surface area (Å²) in [6.07, 6.45) is 5.36. The molecule has 0 spiro atoms. The molecule has 3 heterocycles. The zero-order chi connectivity index (χ0) is 24.2. The number of amides is 3. The first-order valence-electron chi connectivity index (χ1n) is 11.9. The monoisotopic (exact) mass is 473 g/mol. The number of likely N-dealkylation sites (tertiary alicyclic amines) is 1. The number of nitrogens with one attached hydrogen (secondary N) is 2. The summed E-state index contributed by atoms with van der Waals surface area (Å²) in [5.74, 6) is -0.263. The van der Waals surface area contributed by atoms with E-state index >= 15 is 0 Å². The molecule has 2 aliphatic rings. The van der Waals surface area contributed by atoms with E-state index in [0.29, 0.717) is 29.0 Å². The Morgan fingerprint density at radius 2 is 1.86 bits per heavy atom. The van der Waals surface area contributed by atoms with Crippen molar-refractivity contribution in [2.75, 3.05) is 31.6 Å². The number of piperidine rings is 1. The van der Waals surface area contributed by atoms with Gasteiger partial charge >= 0.3 is 0 Å². The Morgan fingerprint density at radius 3 is 2.66 bits per heavy atom. The molecule has 1 saturated heterocycles. The number of nitrogens with zero attached hydrogens (tertiary/aromatic N) is 1. The number of imide groups is 1. The normalized spacial score (nSPS) is 15.9. The van der Waals surface area contributed by atoms with Gasteiger partial charge in [-0.1, -0.05) is 18.6 Å². The molecule has 1 aromatic heterocycles. The Kier molecular flexibility index (Phi) is 6.63. The standard InChI is InChI=1S/C27H27N3O5/c31-24-16-22-23(17-35-25(22)27(33)29-24)19-5-4-6-20(15-19)28-26(32)18-7-9-21(10-8-18)34-14-13-30-11-2-1-3-12-30/h4-10,15,17H,1-3,11-14,16H2,(H,28,32)(H,29,31,33). The fraction of sp³-hybridized carbons (Fsp3) is 0.296. The summed E-state index contributed by atoms with van der Waals surface area (Å²) in [5, 5.41) is 5.15. The minimum atomic E-state index is -0.536. The van der Waals surface area contributed by atoms with Crippen LogP contribution in [-0.4, -0.2) is 48.9 Å². The predicted molar refractivity (Wildman–Crippen MR) is 131 cm³/mol. The van der Waals surface area contributed by atoms with Crippen LogP contribution in [0, 0.1) is 0 Å². The summed E-state index contributed by atoms with van der Waals surface area (Å²) in [5.41, 5.74) is 3.06. The van der Waals surface area contributed by atoms with E-state index < -0.39 is 5.91 Å². The smallest absolute Gasteiger partial charge is 0.293 e. The maximum absolute atomic E-state index is 12.8. The van der Waals surface area contributed by atoms with E-state index in [-0.39, 0.29) is 24.0 Å². The molecule has 2 aromatic carbocycles. The van der Waals surface area contributed by atoms with Crippen molar-refractivity contribution in [2.45, 2.75) is 25.7 Å². The fourth-order valence-electron chi connectivity index (χ4n) is 4.52. The maximum atomic E-state index is 12.8. The maximum Gasteiger partial charge on any atom is 0.293 e. The first kappa shape index (κ1) is 22.9. The summed E-state index contributed by atoms with van der Waals surface area (Å²) in [6, 6.07) is 14.3. The molecule has 8 nitrogen and oxygen atoms in total. The lowest BCUT2D eigenvalue weighted by atomic mass is 9.97. The van der Waals surface area contributed by atoms with Gasteiger partial charge in [0.1, 0.15) is 12.4 Å². The van der Waals surface area contributed by atoms with E-state index in [1.165, 1.54) is 25.5 Å². The van der Waals surface area contributed by atoms with Crippen LogP contribution in [0.25, 0.3) is 11.1 Å². The molecule has 8 heteroatoms. The summed E-state index contributed by atoms with van der Waals surface area (Å²) in [6.45, 7) is 3.82. The summed E-state index contributed by atoms with van der Waals surface area (Å²) < 4.78 is 11.2. The molecule has 0 radical (unpaired) electrons. The van der Waals surface area contributed by atoms with Crippen LogP contribution >= 0.6 is 0 Å². The van der Waals surface area contributed by atoms with Crippen LogP contribution in [0.15, 0.2) is 59.2 Å². The Bertz CT molecular complexity index is 1240.